The Balaban J connectivity index is 3.10. The summed E-state index contributed by atoms with van der Waals surface area (Å²) in [5.41, 5.74) is 2.85. The zero-order chi connectivity index (χ0) is 15.2. The second kappa shape index (κ2) is 13.2. The summed E-state index contributed by atoms with van der Waals surface area (Å²) in [5, 5.41) is 0. The van der Waals surface area contributed by atoms with Crippen LogP contribution in [0.15, 0.2) is 12.2 Å². The zero-order valence-corrected chi connectivity index (χ0v) is 13.7. The lowest BCUT2D eigenvalue weighted by atomic mass is 10.0. The number of rotatable bonds is 13. The van der Waals surface area contributed by atoms with Gasteiger partial charge in [0.25, 0.3) is 5.91 Å². The van der Waals surface area contributed by atoms with E-state index in [1.54, 1.807) is 6.92 Å². The monoisotopic (exact) mass is 283 g/mol. The van der Waals surface area contributed by atoms with Crippen LogP contribution in [0.25, 0.3) is 0 Å². The molecule has 0 bridgehead atoms. The SMILES string of the molecule is C=C(C)C(=O)NOCCCCCCCCCCC(C)C. The van der Waals surface area contributed by atoms with Crippen molar-refractivity contribution in [3.8, 4) is 0 Å². The second-order valence-electron chi connectivity index (χ2n) is 6.07. The fourth-order valence-electron chi connectivity index (χ4n) is 1.99. The van der Waals surface area contributed by atoms with Crippen LogP contribution in [0.2, 0.25) is 0 Å². The minimum atomic E-state index is -0.230. The predicted octanol–water partition coefficient (Wildman–Crippen LogP) is 4.78. The molecule has 0 aliphatic carbocycles. The summed E-state index contributed by atoms with van der Waals surface area (Å²) in [6.45, 7) is 10.4. The van der Waals surface area contributed by atoms with Gasteiger partial charge >= 0.3 is 0 Å². The topological polar surface area (TPSA) is 38.3 Å². The van der Waals surface area contributed by atoms with E-state index in [1.807, 2.05) is 0 Å². The molecule has 0 aromatic rings. The lowest BCUT2D eigenvalue weighted by Gasteiger charge is -2.06. The molecule has 118 valence electrons. The third-order valence-electron chi connectivity index (χ3n) is 3.33. The third kappa shape index (κ3) is 13.6. The fourth-order valence-corrected chi connectivity index (χ4v) is 1.99. The highest BCUT2D eigenvalue weighted by molar-refractivity contribution is 5.91. The van der Waals surface area contributed by atoms with Crippen LogP contribution in [0.4, 0.5) is 0 Å². The van der Waals surface area contributed by atoms with E-state index >= 15 is 0 Å². The van der Waals surface area contributed by atoms with E-state index in [2.05, 4.69) is 25.9 Å². The minimum Gasteiger partial charge on any atom is -0.273 e. The summed E-state index contributed by atoms with van der Waals surface area (Å²) in [6.07, 6.45) is 11.6. The van der Waals surface area contributed by atoms with Gasteiger partial charge in [0.15, 0.2) is 0 Å². The molecule has 1 amide bonds. The Kier molecular flexibility index (Phi) is 12.6. The van der Waals surface area contributed by atoms with Crippen LogP contribution in [0, 0.1) is 5.92 Å². The van der Waals surface area contributed by atoms with Gasteiger partial charge in [-0.15, -0.1) is 0 Å². The second-order valence-corrected chi connectivity index (χ2v) is 6.07. The van der Waals surface area contributed by atoms with Crippen molar-refractivity contribution in [1.29, 1.82) is 0 Å². The number of carbonyl (C=O) groups excluding carboxylic acids is 1. The number of hydrogen-bond donors (Lipinski definition) is 1. The Morgan fingerprint density at radius 2 is 1.50 bits per heavy atom. The highest BCUT2D eigenvalue weighted by Gasteiger charge is 2.00. The van der Waals surface area contributed by atoms with Gasteiger partial charge in [0.05, 0.1) is 6.61 Å². The first-order valence-corrected chi connectivity index (χ1v) is 8.11. The zero-order valence-electron chi connectivity index (χ0n) is 13.7. The van der Waals surface area contributed by atoms with Crippen molar-refractivity contribution in [3.63, 3.8) is 0 Å². The molecule has 0 unspecified atom stereocenters. The van der Waals surface area contributed by atoms with Gasteiger partial charge in [0, 0.05) is 5.57 Å². The van der Waals surface area contributed by atoms with Crippen molar-refractivity contribution in [1.82, 2.24) is 5.48 Å². The molecule has 0 fully saturated rings. The lowest BCUT2D eigenvalue weighted by molar-refractivity contribution is -0.129. The summed E-state index contributed by atoms with van der Waals surface area (Å²) in [4.78, 5) is 16.2. The molecule has 0 saturated carbocycles. The van der Waals surface area contributed by atoms with Gasteiger partial charge in [0.2, 0.25) is 0 Å². The Labute approximate surface area is 125 Å². The van der Waals surface area contributed by atoms with Crippen LogP contribution >= 0.6 is 0 Å². The van der Waals surface area contributed by atoms with Crippen LogP contribution < -0.4 is 5.48 Å². The first kappa shape index (κ1) is 19.2. The van der Waals surface area contributed by atoms with Gasteiger partial charge < -0.3 is 0 Å². The van der Waals surface area contributed by atoms with Gasteiger partial charge in [-0.25, -0.2) is 5.48 Å². The highest BCUT2D eigenvalue weighted by Crippen LogP contribution is 2.12. The Morgan fingerprint density at radius 1 is 1.00 bits per heavy atom. The van der Waals surface area contributed by atoms with Crippen molar-refractivity contribution in [2.45, 2.75) is 78.6 Å². The van der Waals surface area contributed by atoms with Gasteiger partial charge in [-0.3, -0.25) is 9.63 Å². The van der Waals surface area contributed by atoms with Crippen LogP contribution in [0.1, 0.15) is 78.6 Å². The molecular formula is C17H33NO2. The Hall–Kier alpha value is -0.830. The fraction of sp³-hybridized carbons (Fsp3) is 0.824. The smallest absolute Gasteiger partial charge is 0.269 e. The lowest BCUT2D eigenvalue weighted by Crippen LogP contribution is -2.24. The quantitative estimate of drug-likeness (QED) is 0.300. The van der Waals surface area contributed by atoms with E-state index in [-0.39, 0.29) is 5.91 Å². The van der Waals surface area contributed by atoms with Crippen molar-refractivity contribution in [3.05, 3.63) is 12.2 Å². The molecule has 20 heavy (non-hydrogen) atoms. The van der Waals surface area contributed by atoms with Crippen molar-refractivity contribution in [2.75, 3.05) is 6.61 Å². The maximum absolute atomic E-state index is 11.1. The Bertz CT molecular complexity index is 262. The van der Waals surface area contributed by atoms with E-state index in [9.17, 15) is 4.79 Å². The van der Waals surface area contributed by atoms with Crippen LogP contribution in [0.3, 0.4) is 0 Å². The average Bonchev–Trinajstić information content (AvgIpc) is 2.39. The average molecular weight is 283 g/mol. The van der Waals surface area contributed by atoms with Gasteiger partial charge in [-0.05, 0) is 19.3 Å². The molecule has 0 atom stereocenters. The summed E-state index contributed by atoms with van der Waals surface area (Å²) < 4.78 is 0. The number of hydroxylamine groups is 1. The maximum atomic E-state index is 11.1. The molecule has 3 nitrogen and oxygen atoms in total. The molecule has 0 heterocycles. The van der Waals surface area contributed by atoms with E-state index in [0.717, 1.165) is 12.3 Å². The van der Waals surface area contributed by atoms with Crippen molar-refractivity contribution >= 4 is 5.91 Å². The maximum Gasteiger partial charge on any atom is 0.269 e. The third-order valence-corrected chi connectivity index (χ3v) is 3.33. The summed E-state index contributed by atoms with van der Waals surface area (Å²) in [5.74, 6) is 0.617. The van der Waals surface area contributed by atoms with Gasteiger partial charge in [-0.1, -0.05) is 71.8 Å². The number of nitrogens with one attached hydrogen (secondary N) is 1. The van der Waals surface area contributed by atoms with Crippen LogP contribution in [-0.4, -0.2) is 12.5 Å². The number of unbranched alkanes of at least 4 members (excludes halogenated alkanes) is 7. The van der Waals surface area contributed by atoms with Crippen molar-refractivity contribution < 1.29 is 9.63 Å². The van der Waals surface area contributed by atoms with E-state index in [4.69, 9.17) is 4.84 Å². The molecule has 0 radical (unpaired) electrons. The molecule has 0 aromatic heterocycles. The number of amides is 1. The first-order valence-electron chi connectivity index (χ1n) is 8.11. The first-order chi connectivity index (χ1) is 9.54. The molecule has 0 saturated heterocycles. The molecule has 0 aromatic carbocycles. The summed E-state index contributed by atoms with van der Waals surface area (Å²) in [7, 11) is 0. The number of carbonyl (C=O) groups is 1. The van der Waals surface area contributed by atoms with Crippen LogP contribution in [-0.2, 0) is 9.63 Å². The normalized spacial score (nSPS) is 10.8. The molecule has 0 rings (SSSR count). The molecular weight excluding hydrogens is 250 g/mol. The standard InChI is InChI=1S/C17H33NO2/c1-15(2)13-11-9-7-5-6-8-10-12-14-20-18-17(19)16(3)4/h15H,3,5-14H2,1-2,4H3,(H,18,19). The molecule has 0 spiro atoms. The van der Waals surface area contributed by atoms with Crippen molar-refractivity contribution in [2.24, 2.45) is 5.92 Å². The van der Waals surface area contributed by atoms with Gasteiger partial charge in [-0.2, -0.15) is 0 Å². The molecule has 0 aliphatic rings. The van der Waals surface area contributed by atoms with E-state index in [1.165, 1.54) is 51.4 Å². The molecule has 1 N–H and O–H groups in total. The highest BCUT2D eigenvalue weighted by atomic mass is 16.6. The predicted molar refractivity (Wildman–Crippen MR) is 85.3 cm³/mol. The summed E-state index contributed by atoms with van der Waals surface area (Å²) >= 11 is 0. The number of hydrogen-bond acceptors (Lipinski definition) is 2. The summed E-state index contributed by atoms with van der Waals surface area (Å²) in [6, 6.07) is 0. The van der Waals surface area contributed by atoms with E-state index < -0.39 is 0 Å². The minimum absolute atomic E-state index is 0.230. The molecule has 0 aliphatic heterocycles. The largest absolute Gasteiger partial charge is 0.273 e. The Morgan fingerprint density at radius 3 is 2.00 bits per heavy atom. The van der Waals surface area contributed by atoms with Crippen LogP contribution in [0.5, 0.6) is 0 Å². The van der Waals surface area contributed by atoms with E-state index in [0.29, 0.717) is 12.2 Å². The molecule has 3 heteroatoms. The van der Waals surface area contributed by atoms with Gasteiger partial charge in [0.1, 0.15) is 0 Å².